The molecule has 0 aromatic heterocycles. The smallest absolute Gasteiger partial charge is 0.159 e. The summed E-state index contributed by atoms with van der Waals surface area (Å²) in [4.78, 5) is 0. The molecule has 72 valence electrons. The van der Waals surface area contributed by atoms with Crippen molar-refractivity contribution in [1.29, 1.82) is 0 Å². The molecule has 1 aliphatic rings. The summed E-state index contributed by atoms with van der Waals surface area (Å²) in [5.41, 5.74) is 6.38. The average Bonchev–Trinajstić information content (AvgIpc) is 2.73. The fraction of sp³-hybridized carbons (Fsp3) is 0.333. The standard InChI is InChI=1S/C9H9F2N.ClH/c10-7-2-1-5(3-8(7)11)6-4-9(6)12;/h1-3,6,9H,4,12H2;1H/t6-,9-;/m1./s1. The maximum absolute atomic E-state index is 12.7. The van der Waals surface area contributed by atoms with Crippen molar-refractivity contribution >= 4 is 12.4 Å². The molecule has 0 spiro atoms. The van der Waals surface area contributed by atoms with Crippen molar-refractivity contribution in [3.8, 4) is 0 Å². The van der Waals surface area contributed by atoms with Crippen LogP contribution in [0.1, 0.15) is 17.9 Å². The van der Waals surface area contributed by atoms with Gasteiger partial charge in [0.2, 0.25) is 0 Å². The van der Waals surface area contributed by atoms with Gasteiger partial charge in [0.15, 0.2) is 11.6 Å². The zero-order valence-electron chi connectivity index (χ0n) is 6.84. The first kappa shape index (κ1) is 10.4. The quantitative estimate of drug-likeness (QED) is 0.748. The van der Waals surface area contributed by atoms with Crippen molar-refractivity contribution in [3.05, 3.63) is 35.4 Å². The Morgan fingerprint density at radius 1 is 1.23 bits per heavy atom. The average molecular weight is 206 g/mol. The van der Waals surface area contributed by atoms with Gasteiger partial charge in [0.25, 0.3) is 0 Å². The van der Waals surface area contributed by atoms with Gasteiger partial charge in [0, 0.05) is 12.0 Å². The molecule has 0 unspecified atom stereocenters. The van der Waals surface area contributed by atoms with Crippen LogP contribution in [0, 0.1) is 11.6 Å². The third-order valence-electron chi connectivity index (χ3n) is 2.21. The minimum atomic E-state index is -0.798. The topological polar surface area (TPSA) is 26.0 Å². The van der Waals surface area contributed by atoms with E-state index in [-0.39, 0.29) is 24.4 Å². The van der Waals surface area contributed by atoms with Crippen LogP contribution in [0.3, 0.4) is 0 Å². The van der Waals surface area contributed by atoms with Crippen LogP contribution in [0.5, 0.6) is 0 Å². The van der Waals surface area contributed by atoms with Gasteiger partial charge >= 0.3 is 0 Å². The van der Waals surface area contributed by atoms with Gasteiger partial charge in [0.1, 0.15) is 0 Å². The van der Waals surface area contributed by atoms with E-state index in [1.807, 2.05) is 0 Å². The zero-order chi connectivity index (χ0) is 8.72. The first-order valence-corrected chi connectivity index (χ1v) is 3.89. The molecule has 2 rings (SSSR count). The second kappa shape index (κ2) is 3.60. The van der Waals surface area contributed by atoms with Crippen molar-refractivity contribution in [2.24, 2.45) is 5.73 Å². The SMILES string of the molecule is Cl.N[C@@H]1C[C@@H]1c1ccc(F)c(F)c1. The third kappa shape index (κ3) is 1.98. The highest BCUT2D eigenvalue weighted by atomic mass is 35.5. The van der Waals surface area contributed by atoms with Crippen LogP contribution in [-0.4, -0.2) is 6.04 Å². The monoisotopic (exact) mass is 205 g/mol. The van der Waals surface area contributed by atoms with Crippen LogP contribution in [0.25, 0.3) is 0 Å². The molecule has 0 saturated heterocycles. The van der Waals surface area contributed by atoms with Crippen molar-refractivity contribution < 1.29 is 8.78 Å². The number of hydrogen-bond acceptors (Lipinski definition) is 1. The zero-order valence-corrected chi connectivity index (χ0v) is 7.65. The van der Waals surface area contributed by atoms with Crippen molar-refractivity contribution in [3.63, 3.8) is 0 Å². The minimum absolute atomic E-state index is 0. The predicted octanol–water partition coefficient (Wildman–Crippen LogP) is 2.20. The highest BCUT2D eigenvalue weighted by Crippen LogP contribution is 2.39. The number of rotatable bonds is 1. The summed E-state index contributed by atoms with van der Waals surface area (Å²) in [6.07, 6.45) is 0.880. The number of benzene rings is 1. The molecule has 2 N–H and O–H groups in total. The Morgan fingerprint density at radius 2 is 1.85 bits per heavy atom. The van der Waals surface area contributed by atoms with Gasteiger partial charge in [-0.05, 0) is 24.1 Å². The van der Waals surface area contributed by atoms with Gasteiger partial charge in [-0.25, -0.2) is 8.78 Å². The highest BCUT2D eigenvalue weighted by molar-refractivity contribution is 5.85. The molecule has 4 heteroatoms. The molecule has 1 aliphatic carbocycles. The lowest BCUT2D eigenvalue weighted by Crippen LogP contribution is -2.01. The lowest BCUT2D eigenvalue weighted by molar-refractivity contribution is 0.507. The largest absolute Gasteiger partial charge is 0.327 e. The first-order valence-electron chi connectivity index (χ1n) is 3.89. The second-order valence-corrected chi connectivity index (χ2v) is 3.18. The summed E-state index contributed by atoms with van der Waals surface area (Å²) in [6.45, 7) is 0. The second-order valence-electron chi connectivity index (χ2n) is 3.18. The van der Waals surface area contributed by atoms with E-state index in [9.17, 15) is 8.78 Å². The molecule has 0 radical (unpaired) electrons. The molecule has 0 heterocycles. The van der Waals surface area contributed by atoms with E-state index in [1.54, 1.807) is 6.07 Å². The van der Waals surface area contributed by atoms with E-state index < -0.39 is 11.6 Å². The van der Waals surface area contributed by atoms with Gasteiger partial charge in [-0.3, -0.25) is 0 Å². The Morgan fingerprint density at radius 3 is 2.31 bits per heavy atom. The van der Waals surface area contributed by atoms with E-state index in [1.165, 1.54) is 6.07 Å². The number of nitrogens with two attached hydrogens (primary N) is 1. The third-order valence-corrected chi connectivity index (χ3v) is 2.21. The van der Waals surface area contributed by atoms with E-state index in [0.717, 1.165) is 18.1 Å². The van der Waals surface area contributed by atoms with Gasteiger partial charge in [-0.1, -0.05) is 6.07 Å². The maximum Gasteiger partial charge on any atom is 0.159 e. The fourth-order valence-corrected chi connectivity index (χ4v) is 1.34. The summed E-state index contributed by atoms with van der Waals surface area (Å²) < 4.78 is 25.2. The lowest BCUT2D eigenvalue weighted by atomic mass is 10.1. The van der Waals surface area contributed by atoms with Crippen molar-refractivity contribution in [1.82, 2.24) is 0 Å². The Hall–Kier alpha value is -0.670. The molecule has 1 aromatic rings. The molecule has 1 nitrogen and oxygen atoms in total. The molecule has 0 amide bonds. The predicted molar refractivity (Wildman–Crippen MR) is 48.9 cm³/mol. The fourth-order valence-electron chi connectivity index (χ4n) is 1.34. The number of halogens is 3. The summed E-state index contributed by atoms with van der Waals surface area (Å²) in [6, 6.07) is 4.10. The van der Waals surface area contributed by atoms with Crippen LogP contribution < -0.4 is 5.73 Å². The minimum Gasteiger partial charge on any atom is -0.327 e. The molecule has 1 aromatic carbocycles. The first-order chi connectivity index (χ1) is 5.68. The normalized spacial score (nSPS) is 25.2. The van der Waals surface area contributed by atoms with E-state index in [0.29, 0.717) is 0 Å². The molecule has 0 bridgehead atoms. The highest BCUT2D eigenvalue weighted by Gasteiger charge is 2.35. The summed E-state index contributed by atoms with van der Waals surface area (Å²) in [5.74, 6) is -1.35. The van der Waals surface area contributed by atoms with E-state index in [4.69, 9.17) is 5.73 Å². The van der Waals surface area contributed by atoms with E-state index >= 15 is 0 Å². The van der Waals surface area contributed by atoms with Crippen LogP contribution in [0.2, 0.25) is 0 Å². The van der Waals surface area contributed by atoms with Gasteiger partial charge in [0.05, 0.1) is 0 Å². The maximum atomic E-state index is 12.7. The molecule has 0 aliphatic heterocycles. The lowest BCUT2D eigenvalue weighted by Gasteiger charge is -1.98. The number of hydrogen-bond donors (Lipinski definition) is 1. The Kier molecular flexibility index (Phi) is 2.88. The van der Waals surface area contributed by atoms with Crippen molar-refractivity contribution in [2.75, 3.05) is 0 Å². The summed E-state index contributed by atoms with van der Waals surface area (Å²) in [5, 5.41) is 0. The van der Waals surface area contributed by atoms with Gasteiger partial charge in [-0.15, -0.1) is 12.4 Å². The molecular weight excluding hydrogens is 196 g/mol. The van der Waals surface area contributed by atoms with Crippen LogP contribution >= 0.6 is 12.4 Å². The van der Waals surface area contributed by atoms with Crippen LogP contribution in [0.4, 0.5) is 8.78 Å². The summed E-state index contributed by atoms with van der Waals surface area (Å²) in [7, 11) is 0. The van der Waals surface area contributed by atoms with Crippen molar-refractivity contribution in [2.45, 2.75) is 18.4 Å². The summed E-state index contributed by atoms with van der Waals surface area (Å²) >= 11 is 0. The van der Waals surface area contributed by atoms with Crippen LogP contribution in [0.15, 0.2) is 18.2 Å². The van der Waals surface area contributed by atoms with E-state index in [2.05, 4.69) is 0 Å². The Labute approximate surface area is 81.3 Å². The molecule has 1 fully saturated rings. The molecule has 13 heavy (non-hydrogen) atoms. The molecule has 1 saturated carbocycles. The Bertz CT molecular complexity index is 316. The molecular formula is C9H10ClF2N. The van der Waals surface area contributed by atoms with Gasteiger partial charge < -0.3 is 5.73 Å². The molecule has 2 atom stereocenters. The van der Waals surface area contributed by atoms with Crippen LogP contribution in [-0.2, 0) is 0 Å². The Balaban J connectivity index is 0.000000845. The van der Waals surface area contributed by atoms with Gasteiger partial charge in [-0.2, -0.15) is 0 Å².